The van der Waals surface area contributed by atoms with E-state index < -0.39 is 5.79 Å². The minimum Gasteiger partial charge on any atom is -0.454 e. The Morgan fingerprint density at radius 3 is 2.88 bits per heavy atom. The maximum absolute atomic E-state index is 11.7. The van der Waals surface area contributed by atoms with E-state index in [2.05, 4.69) is 6.07 Å². The lowest BCUT2D eigenvalue weighted by Crippen LogP contribution is -2.50. The van der Waals surface area contributed by atoms with E-state index in [9.17, 15) is 4.79 Å². The van der Waals surface area contributed by atoms with Gasteiger partial charge in [-0.2, -0.15) is 0 Å². The molecular weight excluding hydrogens is 322 g/mol. The highest BCUT2D eigenvalue weighted by molar-refractivity contribution is 5.51. The van der Waals surface area contributed by atoms with Crippen molar-refractivity contribution in [2.75, 3.05) is 13.3 Å². The molecule has 1 aromatic carbocycles. The Kier molecular flexibility index (Phi) is 3.31. The third-order valence-corrected chi connectivity index (χ3v) is 6.02. The van der Waals surface area contributed by atoms with Gasteiger partial charge in [0.2, 0.25) is 13.2 Å². The topological polar surface area (TPSA) is 57.2 Å². The van der Waals surface area contributed by atoms with Gasteiger partial charge in [0, 0.05) is 18.5 Å². The van der Waals surface area contributed by atoms with Crippen LogP contribution in [0.4, 0.5) is 0 Å². The fraction of sp³-hybridized carbons (Fsp3) is 0.632. The van der Waals surface area contributed by atoms with Gasteiger partial charge >= 0.3 is 0 Å². The Balaban J connectivity index is 1.58. The summed E-state index contributed by atoms with van der Waals surface area (Å²) in [7, 11) is 0. The molecule has 134 valence electrons. The molecule has 5 atom stereocenters. The molecular formula is C19H23NO5. The first-order valence-corrected chi connectivity index (χ1v) is 9.02. The van der Waals surface area contributed by atoms with Gasteiger partial charge in [-0.05, 0) is 50.3 Å². The number of carbonyl (C=O) groups excluding carboxylic acids is 1. The van der Waals surface area contributed by atoms with Crippen molar-refractivity contribution in [3.63, 3.8) is 0 Å². The lowest BCUT2D eigenvalue weighted by molar-refractivity contribution is -0.147. The highest BCUT2D eigenvalue weighted by Gasteiger charge is 2.56. The van der Waals surface area contributed by atoms with Crippen LogP contribution in [0.25, 0.3) is 0 Å². The molecule has 0 unspecified atom stereocenters. The lowest BCUT2D eigenvalue weighted by atomic mass is 9.71. The number of fused-ring (bicyclic) bond motifs is 3. The van der Waals surface area contributed by atoms with Crippen LogP contribution >= 0.6 is 0 Å². The number of benzene rings is 1. The van der Waals surface area contributed by atoms with Crippen molar-refractivity contribution in [3.05, 3.63) is 23.8 Å². The Labute approximate surface area is 147 Å². The van der Waals surface area contributed by atoms with Gasteiger partial charge in [-0.25, -0.2) is 0 Å². The van der Waals surface area contributed by atoms with Gasteiger partial charge in [-0.15, -0.1) is 0 Å². The Bertz CT molecular complexity index is 705. The molecule has 1 amide bonds. The molecule has 1 saturated carbocycles. The largest absolute Gasteiger partial charge is 0.454 e. The molecule has 4 aliphatic rings. The average Bonchev–Trinajstić information content (AvgIpc) is 3.26. The summed E-state index contributed by atoms with van der Waals surface area (Å²) >= 11 is 0. The van der Waals surface area contributed by atoms with Crippen LogP contribution in [0.5, 0.6) is 11.5 Å². The van der Waals surface area contributed by atoms with E-state index in [1.165, 1.54) is 0 Å². The summed E-state index contributed by atoms with van der Waals surface area (Å²) in [5.74, 6) is 1.47. The molecule has 5 rings (SSSR count). The fourth-order valence-electron chi connectivity index (χ4n) is 5.14. The normalized spacial score (nSPS) is 37.7. The summed E-state index contributed by atoms with van der Waals surface area (Å²) < 4.78 is 23.5. The van der Waals surface area contributed by atoms with E-state index in [0.29, 0.717) is 5.92 Å². The number of amides is 1. The standard InChI is InChI=1S/C19H23NO5/c1-19(2)24-15-8-12-5-6-20(9-21)17(12)16(18(15)25-19)11-3-4-13-14(7-11)23-10-22-13/h3-4,7,9,12,15-18H,5-6,8,10H2,1-2H3/t12-,15+,16+,17-,18+/m1/s1. The maximum atomic E-state index is 11.7. The average molecular weight is 345 g/mol. The molecule has 6 nitrogen and oxygen atoms in total. The van der Waals surface area contributed by atoms with Crippen LogP contribution in [0.15, 0.2) is 18.2 Å². The second-order valence-corrected chi connectivity index (χ2v) is 7.90. The maximum Gasteiger partial charge on any atom is 0.231 e. The summed E-state index contributed by atoms with van der Waals surface area (Å²) in [5, 5.41) is 0. The second kappa shape index (κ2) is 5.35. The number of hydrogen-bond donors (Lipinski definition) is 0. The highest BCUT2D eigenvalue weighted by Crippen LogP contribution is 2.51. The van der Waals surface area contributed by atoms with E-state index >= 15 is 0 Å². The van der Waals surface area contributed by atoms with Crippen molar-refractivity contribution in [2.45, 2.75) is 56.6 Å². The lowest BCUT2D eigenvalue weighted by Gasteiger charge is -2.42. The van der Waals surface area contributed by atoms with Gasteiger partial charge in [0.05, 0.1) is 12.2 Å². The van der Waals surface area contributed by atoms with Gasteiger partial charge < -0.3 is 23.8 Å². The molecule has 3 aliphatic heterocycles. The minimum absolute atomic E-state index is 0.0582. The molecule has 0 aromatic heterocycles. The zero-order chi connectivity index (χ0) is 17.2. The molecule has 2 saturated heterocycles. The van der Waals surface area contributed by atoms with Crippen LogP contribution in [-0.2, 0) is 14.3 Å². The van der Waals surface area contributed by atoms with Gasteiger partial charge in [-0.1, -0.05) is 6.07 Å². The quantitative estimate of drug-likeness (QED) is 0.770. The minimum atomic E-state index is -0.589. The molecule has 0 N–H and O–H groups in total. The first-order valence-electron chi connectivity index (χ1n) is 9.02. The Morgan fingerprint density at radius 1 is 1.20 bits per heavy atom. The van der Waals surface area contributed by atoms with Crippen molar-refractivity contribution in [1.29, 1.82) is 0 Å². The van der Waals surface area contributed by atoms with E-state index in [1.807, 2.05) is 30.9 Å². The SMILES string of the molecule is CC1(C)O[C@@H]2[C@@H](c3ccc4c(c3)OCO4)[C@H]3[C@H](CCN3C=O)C[C@@H]2O1. The van der Waals surface area contributed by atoms with Crippen LogP contribution in [0.2, 0.25) is 0 Å². The molecule has 0 spiro atoms. The smallest absolute Gasteiger partial charge is 0.231 e. The zero-order valence-electron chi connectivity index (χ0n) is 14.5. The molecule has 1 aliphatic carbocycles. The Hall–Kier alpha value is -1.79. The molecule has 1 aromatic rings. The van der Waals surface area contributed by atoms with Crippen molar-refractivity contribution >= 4 is 6.41 Å². The summed E-state index contributed by atoms with van der Waals surface area (Å²) in [6.07, 6.45) is 2.98. The summed E-state index contributed by atoms with van der Waals surface area (Å²) in [6.45, 7) is 5.00. The summed E-state index contributed by atoms with van der Waals surface area (Å²) in [5.41, 5.74) is 1.13. The number of carbonyl (C=O) groups is 1. The van der Waals surface area contributed by atoms with Crippen LogP contribution in [0.3, 0.4) is 0 Å². The predicted octanol–water partition coefficient (Wildman–Crippen LogP) is 2.27. The number of hydrogen-bond acceptors (Lipinski definition) is 5. The third kappa shape index (κ3) is 2.34. The van der Waals surface area contributed by atoms with Gasteiger partial charge in [-0.3, -0.25) is 4.79 Å². The molecule has 0 radical (unpaired) electrons. The summed E-state index contributed by atoms with van der Waals surface area (Å²) in [4.78, 5) is 13.6. The highest BCUT2D eigenvalue weighted by atomic mass is 16.8. The summed E-state index contributed by atoms with van der Waals surface area (Å²) in [6, 6.07) is 6.23. The monoisotopic (exact) mass is 345 g/mol. The number of ether oxygens (including phenoxy) is 4. The number of likely N-dealkylation sites (tertiary alicyclic amines) is 1. The second-order valence-electron chi connectivity index (χ2n) is 7.90. The van der Waals surface area contributed by atoms with E-state index in [1.54, 1.807) is 0 Å². The first kappa shape index (κ1) is 15.5. The van der Waals surface area contributed by atoms with Crippen LogP contribution in [0.1, 0.15) is 38.2 Å². The van der Waals surface area contributed by atoms with Gasteiger partial charge in [0.15, 0.2) is 17.3 Å². The van der Waals surface area contributed by atoms with Gasteiger partial charge in [0.1, 0.15) is 0 Å². The molecule has 25 heavy (non-hydrogen) atoms. The molecule has 0 bridgehead atoms. The van der Waals surface area contributed by atoms with Crippen LogP contribution in [0, 0.1) is 5.92 Å². The predicted molar refractivity (Wildman–Crippen MR) is 88.4 cm³/mol. The van der Waals surface area contributed by atoms with E-state index in [0.717, 1.165) is 42.9 Å². The van der Waals surface area contributed by atoms with Crippen LogP contribution < -0.4 is 9.47 Å². The van der Waals surface area contributed by atoms with Crippen molar-refractivity contribution in [1.82, 2.24) is 4.90 Å². The fourth-order valence-corrected chi connectivity index (χ4v) is 5.14. The Morgan fingerprint density at radius 2 is 2.04 bits per heavy atom. The van der Waals surface area contributed by atoms with Gasteiger partial charge in [0.25, 0.3) is 0 Å². The third-order valence-electron chi connectivity index (χ3n) is 6.02. The molecule has 3 heterocycles. The van der Waals surface area contributed by atoms with Crippen molar-refractivity contribution < 1.29 is 23.7 Å². The van der Waals surface area contributed by atoms with E-state index in [-0.39, 0.29) is 31.0 Å². The number of nitrogens with zero attached hydrogens (tertiary/aromatic N) is 1. The molecule has 3 fully saturated rings. The van der Waals surface area contributed by atoms with Crippen molar-refractivity contribution in [3.8, 4) is 11.5 Å². The van der Waals surface area contributed by atoms with E-state index in [4.69, 9.17) is 18.9 Å². The van der Waals surface area contributed by atoms with Crippen molar-refractivity contribution in [2.24, 2.45) is 5.92 Å². The first-order chi connectivity index (χ1) is 12.1. The zero-order valence-corrected chi connectivity index (χ0v) is 14.5. The number of rotatable bonds is 2. The van der Waals surface area contributed by atoms with Crippen LogP contribution in [-0.4, -0.2) is 48.7 Å². The molecule has 6 heteroatoms.